The highest BCUT2D eigenvalue weighted by Gasteiger charge is 2.33. The predicted molar refractivity (Wildman–Crippen MR) is 189 cm³/mol. The number of halogens is 3. The molecule has 9 nitrogen and oxygen atoms in total. The number of amides is 1. The van der Waals surface area contributed by atoms with Gasteiger partial charge in [0, 0.05) is 54.5 Å². The molecule has 1 N–H and O–H groups in total. The van der Waals surface area contributed by atoms with E-state index in [1.165, 1.54) is 18.2 Å². The molecule has 0 bridgehead atoms. The SMILES string of the molecule is CCOc1cc2nc(-c3cccc(C(F)(F)F)c3)c(CN3CCC(N4CCOCC4)CC3)c(C(=O)N[C@@H](C)c3ccccc3)c2cc1S(C)(=O)=O. The first-order chi connectivity index (χ1) is 24.3. The number of rotatable bonds is 10. The zero-order chi connectivity index (χ0) is 36.3. The number of pyridine rings is 1. The van der Waals surface area contributed by atoms with Crippen molar-refractivity contribution in [2.75, 3.05) is 52.3 Å². The number of hydrogen-bond donors (Lipinski definition) is 1. The number of morpholine rings is 1. The fraction of sp³-hybridized carbons (Fsp3) is 0.421. The molecule has 0 unspecified atom stereocenters. The third-order valence-electron chi connectivity index (χ3n) is 9.69. The van der Waals surface area contributed by atoms with Crippen LogP contribution in [-0.2, 0) is 27.3 Å². The first-order valence-corrected chi connectivity index (χ1v) is 19.1. The Morgan fingerprint density at radius 1 is 1.02 bits per heavy atom. The fourth-order valence-electron chi connectivity index (χ4n) is 7.07. The molecule has 1 atom stereocenters. The summed E-state index contributed by atoms with van der Waals surface area (Å²) < 4.78 is 79.5. The zero-order valence-corrected chi connectivity index (χ0v) is 29.8. The number of piperidine rings is 1. The number of aromatic nitrogens is 1. The Morgan fingerprint density at radius 2 is 1.73 bits per heavy atom. The van der Waals surface area contributed by atoms with Crippen LogP contribution in [0.4, 0.5) is 13.2 Å². The maximum Gasteiger partial charge on any atom is 0.416 e. The van der Waals surface area contributed by atoms with Crippen LogP contribution >= 0.6 is 0 Å². The van der Waals surface area contributed by atoms with Crippen LogP contribution in [0.25, 0.3) is 22.2 Å². The van der Waals surface area contributed by atoms with Crippen molar-refractivity contribution in [2.24, 2.45) is 0 Å². The Kier molecular flexibility index (Phi) is 11.0. The highest BCUT2D eigenvalue weighted by molar-refractivity contribution is 7.90. The molecule has 3 heterocycles. The van der Waals surface area contributed by atoms with Crippen LogP contribution in [0.2, 0.25) is 0 Å². The Hall–Kier alpha value is -4.04. The van der Waals surface area contributed by atoms with Gasteiger partial charge in [0.05, 0.1) is 48.2 Å². The van der Waals surface area contributed by atoms with E-state index >= 15 is 0 Å². The Bertz CT molecular complexity index is 1980. The number of nitrogens with one attached hydrogen (secondary N) is 1. The van der Waals surface area contributed by atoms with Crippen molar-refractivity contribution in [2.45, 2.75) is 56.4 Å². The average Bonchev–Trinajstić information content (AvgIpc) is 3.11. The van der Waals surface area contributed by atoms with Crippen LogP contribution in [0.3, 0.4) is 0 Å². The summed E-state index contributed by atoms with van der Waals surface area (Å²) in [6.45, 7) is 8.46. The molecule has 13 heteroatoms. The van der Waals surface area contributed by atoms with Crippen molar-refractivity contribution in [3.05, 3.63) is 89.0 Å². The molecule has 0 spiro atoms. The van der Waals surface area contributed by atoms with E-state index in [1.807, 2.05) is 37.3 Å². The summed E-state index contributed by atoms with van der Waals surface area (Å²) in [4.78, 5) is 24.0. The van der Waals surface area contributed by atoms with Gasteiger partial charge in [-0.25, -0.2) is 13.4 Å². The average molecular weight is 725 g/mol. The van der Waals surface area contributed by atoms with Crippen molar-refractivity contribution in [3.63, 3.8) is 0 Å². The molecule has 3 aromatic carbocycles. The molecule has 1 aromatic heterocycles. The number of alkyl halides is 3. The highest BCUT2D eigenvalue weighted by atomic mass is 32.2. The van der Waals surface area contributed by atoms with Crippen LogP contribution in [0.5, 0.6) is 5.75 Å². The van der Waals surface area contributed by atoms with E-state index in [0.717, 1.165) is 49.9 Å². The van der Waals surface area contributed by atoms with Crippen LogP contribution in [0, 0.1) is 0 Å². The third kappa shape index (κ3) is 8.38. The van der Waals surface area contributed by atoms with E-state index in [4.69, 9.17) is 14.5 Å². The summed E-state index contributed by atoms with van der Waals surface area (Å²) in [7, 11) is -3.83. The molecule has 2 aliphatic heterocycles. The lowest BCUT2D eigenvalue weighted by molar-refractivity contribution is -0.137. The second-order valence-corrected chi connectivity index (χ2v) is 15.2. The fourth-order valence-corrected chi connectivity index (χ4v) is 7.88. The highest BCUT2D eigenvalue weighted by Crippen LogP contribution is 2.39. The largest absolute Gasteiger partial charge is 0.492 e. The van der Waals surface area contributed by atoms with E-state index in [2.05, 4.69) is 15.1 Å². The van der Waals surface area contributed by atoms with Crippen molar-refractivity contribution in [3.8, 4) is 17.0 Å². The lowest BCUT2D eigenvalue weighted by Gasteiger charge is -2.40. The number of hydrogen-bond acceptors (Lipinski definition) is 8. The lowest BCUT2D eigenvalue weighted by Crippen LogP contribution is -2.48. The van der Waals surface area contributed by atoms with Gasteiger partial charge in [-0.15, -0.1) is 0 Å². The number of ether oxygens (including phenoxy) is 2. The van der Waals surface area contributed by atoms with E-state index in [1.54, 1.807) is 13.0 Å². The number of likely N-dealkylation sites (tertiary alicyclic amines) is 1. The maximum atomic E-state index is 14.6. The van der Waals surface area contributed by atoms with Crippen LogP contribution in [-0.4, -0.2) is 87.4 Å². The second-order valence-electron chi connectivity index (χ2n) is 13.2. The Morgan fingerprint density at radius 3 is 2.37 bits per heavy atom. The number of sulfone groups is 1. The third-order valence-corrected chi connectivity index (χ3v) is 10.8. The molecule has 2 aliphatic rings. The van der Waals surface area contributed by atoms with Gasteiger partial charge < -0.3 is 14.8 Å². The first-order valence-electron chi connectivity index (χ1n) is 17.2. The maximum absolute atomic E-state index is 14.6. The molecular formula is C38H43F3N4O5S. The minimum atomic E-state index is -4.60. The van der Waals surface area contributed by atoms with Crippen LogP contribution < -0.4 is 10.1 Å². The molecule has 2 fully saturated rings. The first kappa shape index (κ1) is 36.7. The zero-order valence-electron chi connectivity index (χ0n) is 29.0. The van der Waals surface area contributed by atoms with Gasteiger partial charge in [0.2, 0.25) is 0 Å². The molecule has 6 rings (SSSR count). The molecule has 4 aromatic rings. The van der Waals surface area contributed by atoms with Crippen molar-refractivity contribution in [1.82, 2.24) is 20.1 Å². The molecular weight excluding hydrogens is 682 g/mol. The summed E-state index contributed by atoms with van der Waals surface area (Å²) in [5, 5.41) is 3.35. The van der Waals surface area contributed by atoms with Gasteiger partial charge in [0.1, 0.15) is 10.6 Å². The Labute approximate surface area is 296 Å². The molecule has 2 saturated heterocycles. The topological polar surface area (TPSA) is 101 Å². The van der Waals surface area contributed by atoms with E-state index < -0.39 is 33.5 Å². The van der Waals surface area contributed by atoms with Gasteiger partial charge in [0.15, 0.2) is 9.84 Å². The summed E-state index contributed by atoms with van der Waals surface area (Å²) in [5.41, 5.74) is 1.24. The minimum absolute atomic E-state index is 0.0527. The number of carbonyl (C=O) groups is 1. The lowest BCUT2D eigenvalue weighted by atomic mass is 9.93. The van der Waals surface area contributed by atoms with Gasteiger partial charge in [-0.2, -0.15) is 13.2 Å². The minimum Gasteiger partial charge on any atom is -0.492 e. The molecule has 272 valence electrons. The molecule has 0 radical (unpaired) electrons. The standard InChI is InChI=1S/C38H43F3N4O5S/c1-4-50-33-23-32-30(22-34(33)51(3,47)48)35(37(46)42-25(2)26-9-6-5-7-10-26)31(36(43-32)27-11-8-12-28(21-27)38(39,40)41)24-44-15-13-29(14-16-44)45-17-19-49-20-18-45/h5-12,21-23,25,29H,4,13-20,24H2,1-3H3,(H,42,46)/t25-/m0/s1. The summed E-state index contributed by atoms with van der Waals surface area (Å²) >= 11 is 0. The van der Waals surface area contributed by atoms with Gasteiger partial charge in [0.25, 0.3) is 5.91 Å². The monoisotopic (exact) mass is 724 g/mol. The quantitative estimate of drug-likeness (QED) is 0.198. The van der Waals surface area contributed by atoms with Gasteiger partial charge in [-0.05, 0) is 63.5 Å². The molecule has 1 amide bonds. The van der Waals surface area contributed by atoms with Gasteiger partial charge in [-0.1, -0.05) is 42.5 Å². The van der Waals surface area contributed by atoms with E-state index in [9.17, 15) is 26.4 Å². The molecule has 51 heavy (non-hydrogen) atoms. The smallest absolute Gasteiger partial charge is 0.416 e. The number of benzene rings is 3. The number of nitrogens with zero attached hydrogens (tertiary/aromatic N) is 3. The predicted octanol–water partition coefficient (Wildman–Crippen LogP) is 6.51. The normalized spacial score (nSPS) is 17.4. The van der Waals surface area contributed by atoms with Crippen molar-refractivity contribution >= 4 is 26.6 Å². The van der Waals surface area contributed by atoms with E-state index in [0.29, 0.717) is 37.9 Å². The van der Waals surface area contributed by atoms with Crippen molar-refractivity contribution in [1.29, 1.82) is 0 Å². The summed E-state index contributed by atoms with van der Waals surface area (Å²) in [6.07, 6.45) is -1.78. The summed E-state index contributed by atoms with van der Waals surface area (Å²) in [6, 6.07) is 17.1. The van der Waals surface area contributed by atoms with Crippen molar-refractivity contribution < 1.29 is 35.9 Å². The summed E-state index contributed by atoms with van der Waals surface area (Å²) in [5.74, 6) is -0.439. The van der Waals surface area contributed by atoms with Crippen LogP contribution in [0.1, 0.15) is 59.8 Å². The van der Waals surface area contributed by atoms with Crippen LogP contribution in [0.15, 0.2) is 71.6 Å². The number of fused-ring (bicyclic) bond motifs is 1. The van der Waals surface area contributed by atoms with Gasteiger partial charge >= 0.3 is 6.18 Å². The Balaban J connectivity index is 1.53. The molecule has 0 aliphatic carbocycles. The second kappa shape index (κ2) is 15.3. The van der Waals surface area contributed by atoms with Gasteiger partial charge in [-0.3, -0.25) is 14.6 Å². The van der Waals surface area contributed by atoms with E-state index in [-0.39, 0.29) is 51.5 Å². The molecule has 0 saturated carbocycles. The number of carbonyl (C=O) groups excluding carboxylic acids is 1.